The lowest BCUT2D eigenvalue weighted by atomic mass is 9.94. The second kappa shape index (κ2) is 16.5. The second-order valence-corrected chi connectivity index (χ2v) is 8.67. The Bertz CT molecular complexity index is 1120. The van der Waals surface area contributed by atoms with Gasteiger partial charge in [0.1, 0.15) is 0 Å². The molecule has 0 amide bonds. The normalized spacial score (nSPS) is 15.8. The van der Waals surface area contributed by atoms with E-state index in [1.165, 1.54) is 16.7 Å². The molecule has 0 aromatic heterocycles. The molecule has 0 spiro atoms. The van der Waals surface area contributed by atoms with Gasteiger partial charge in [0.05, 0.1) is 0 Å². The largest absolute Gasteiger partial charge is 0.0991 e. The minimum absolute atomic E-state index is 0.286. The highest BCUT2D eigenvalue weighted by Crippen LogP contribution is 2.27. The van der Waals surface area contributed by atoms with Crippen LogP contribution in [0.25, 0.3) is 11.1 Å². The average molecular weight is 485 g/mol. The third kappa shape index (κ3) is 9.97. The van der Waals surface area contributed by atoms with E-state index in [1.54, 1.807) is 0 Å². The number of rotatable bonds is 11. The summed E-state index contributed by atoms with van der Waals surface area (Å²) in [4.78, 5) is 0. The maximum absolute atomic E-state index is 6.48. The van der Waals surface area contributed by atoms with Crippen LogP contribution in [0, 0.1) is 5.92 Å². The molecule has 1 aromatic carbocycles. The molecule has 1 aromatic rings. The Hall–Kier alpha value is -3.09. The summed E-state index contributed by atoms with van der Waals surface area (Å²) in [5.41, 5.74) is 8.20. The molecule has 0 radical (unpaired) electrons. The fraction of sp³-hybridized carbons (Fsp3) is 0.235. The van der Waals surface area contributed by atoms with Crippen molar-refractivity contribution in [3.05, 3.63) is 143 Å². The highest BCUT2D eigenvalue weighted by atomic mass is 35.5. The standard InChI is InChI=1S/C34H41Cl/c1-9-15-20-31(28(12-4)17-10-2)22-27(8)26(7)19-16-21-30(14-6)33-23-32(24-34(35)25-33)29(13-5)18-11-3/h9-25,27H,1H2,2-8H3/b17-10-,18-11-,20-15-,21-16-,26-19+,28-12+,29-13+,30-14+,31-22+. The Morgan fingerprint density at radius 2 is 1.37 bits per heavy atom. The van der Waals surface area contributed by atoms with Gasteiger partial charge in [-0.2, -0.15) is 0 Å². The zero-order valence-electron chi connectivity index (χ0n) is 22.5. The highest BCUT2D eigenvalue weighted by molar-refractivity contribution is 6.31. The molecule has 0 fully saturated rings. The van der Waals surface area contributed by atoms with Crippen molar-refractivity contribution in [2.75, 3.05) is 0 Å². The minimum atomic E-state index is 0.286. The van der Waals surface area contributed by atoms with Crippen molar-refractivity contribution in [1.82, 2.24) is 0 Å². The molecule has 1 unspecified atom stereocenters. The Balaban J connectivity index is 3.25. The minimum Gasteiger partial charge on any atom is -0.0991 e. The quantitative estimate of drug-likeness (QED) is 0.274. The topological polar surface area (TPSA) is 0 Å². The van der Waals surface area contributed by atoms with Crippen molar-refractivity contribution in [2.24, 2.45) is 5.92 Å². The van der Waals surface area contributed by atoms with Crippen LogP contribution in [0.3, 0.4) is 0 Å². The summed E-state index contributed by atoms with van der Waals surface area (Å²) in [6.07, 6.45) is 29.4. The molecule has 0 aliphatic heterocycles. The van der Waals surface area contributed by atoms with Gasteiger partial charge in [-0.25, -0.2) is 0 Å². The van der Waals surface area contributed by atoms with E-state index in [9.17, 15) is 0 Å². The first-order valence-corrected chi connectivity index (χ1v) is 12.6. The maximum atomic E-state index is 6.48. The molecule has 0 N–H and O–H groups in total. The van der Waals surface area contributed by atoms with Gasteiger partial charge < -0.3 is 0 Å². The van der Waals surface area contributed by atoms with E-state index in [4.69, 9.17) is 11.6 Å². The molecule has 1 atom stereocenters. The van der Waals surface area contributed by atoms with Gasteiger partial charge in [-0.05, 0) is 99.1 Å². The summed E-state index contributed by atoms with van der Waals surface area (Å²) < 4.78 is 0. The molecule has 0 nitrogen and oxygen atoms in total. The summed E-state index contributed by atoms with van der Waals surface area (Å²) in [6.45, 7) is 18.5. The molecule has 1 heteroatoms. The summed E-state index contributed by atoms with van der Waals surface area (Å²) in [7, 11) is 0. The SMILES string of the molecule is C=C\C=C/C(=C\C(C)/C(C)=C/C=C\C(=C/C)c1cc(Cl)cc(C(/C=C\C)=C/C)c1)C(/C=C\C)=C/C. The van der Waals surface area contributed by atoms with E-state index in [0.717, 1.165) is 27.3 Å². The van der Waals surface area contributed by atoms with E-state index in [0.29, 0.717) is 0 Å². The molecular weight excluding hydrogens is 444 g/mol. The zero-order chi connectivity index (χ0) is 26.2. The van der Waals surface area contributed by atoms with Crippen LogP contribution >= 0.6 is 11.6 Å². The molecular formula is C34H41Cl. The lowest BCUT2D eigenvalue weighted by Gasteiger charge is -2.11. The van der Waals surface area contributed by atoms with E-state index < -0.39 is 0 Å². The third-order valence-electron chi connectivity index (χ3n) is 5.72. The van der Waals surface area contributed by atoms with E-state index in [-0.39, 0.29) is 5.92 Å². The van der Waals surface area contributed by atoms with Crippen molar-refractivity contribution in [2.45, 2.75) is 48.5 Å². The molecule has 0 saturated carbocycles. The van der Waals surface area contributed by atoms with Gasteiger partial charge in [-0.1, -0.05) is 116 Å². The van der Waals surface area contributed by atoms with Crippen molar-refractivity contribution in [1.29, 1.82) is 0 Å². The number of benzene rings is 1. The van der Waals surface area contributed by atoms with Crippen molar-refractivity contribution >= 4 is 22.7 Å². The van der Waals surface area contributed by atoms with Gasteiger partial charge in [-0.3, -0.25) is 0 Å². The fourth-order valence-corrected chi connectivity index (χ4v) is 3.87. The van der Waals surface area contributed by atoms with Crippen LogP contribution < -0.4 is 0 Å². The summed E-state index contributed by atoms with van der Waals surface area (Å²) in [5.74, 6) is 0.286. The van der Waals surface area contributed by atoms with Crippen LogP contribution in [0.15, 0.2) is 127 Å². The Labute approximate surface area is 219 Å². The Morgan fingerprint density at radius 1 is 0.771 bits per heavy atom. The van der Waals surface area contributed by atoms with Gasteiger partial charge >= 0.3 is 0 Å². The van der Waals surface area contributed by atoms with Crippen LogP contribution in [0.5, 0.6) is 0 Å². The molecule has 184 valence electrons. The monoisotopic (exact) mass is 484 g/mol. The number of halogens is 1. The van der Waals surface area contributed by atoms with Crippen molar-refractivity contribution < 1.29 is 0 Å². The Kier molecular flexibility index (Phi) is 14.1. The van der Waals surface area contributed by atoms with Crippen molar-refractivity contribution in [3.63, 3.8) is 0 Å². The van der Waals surface area contributed by atoms with Crippen LogP contribution in [0.2, 0.25) is 5.02 Å². The lowest BCUT2D eigenvalue weighted by molar-refractivity contribution is 0.857. The lowest BCUT2D eigenvalue weighted by Crippen LogP contribution is -1.95. The zero-order valence-corrected chi connectivity index (χ0v) is 23.2. The molecule has 0 heterocycles. The van der Waals surface area contributed by atoms with Crippen LogP contribution in [0.4, 0.5) is 0 Å². The predicted molar refractivity (Wildman–Crippen MR) is 162 cm³/mol. The van der Waals surface area contributed by atoms with Crippen LogP contribution in [-0.2, 0) is 0 Å². The van der Waals surface area contributed by atoms with Crippen LogP contribution in [-0.4, -0.2) is 0 Å². The third-order valence-corrected chi connectivity index (χ3v) is 5.94. The molecule has 0 bridgehead atoms. The molecule has 35 heavy (non-hydrogen) atoms. The molecule has 0 aliphatic rings. The van der Waals surface area contributed by atoms with Crippen LogP contribution in [0.1, 0.15) is 59.6 Å². The number of hydrogen-bond donors (Lipinski definition) is 0. The van der Waals surface area contributed by atoms with E-state index >= 15 is 0 Å². The average Bonchev–Trinajstić information content (AvgIpc) is 2.85. The molecule has 0 saturated heterocycles. The summed E-state index contributed by atoms with van der Waals surface area (Å²) in [5, 5.41) is 0.737. The molecule has 1 rings (SSSR count). The second-order valence-electron chi connectivity index (χ2n) is 8.24. The fourth-order valence-electron chi connectivity index (χ4n) is 3.64. The number of hydrogen-bond acceptors (Lipinski definition) is 0. The molecule has 0 aliphatic carbocycles. The van der Waals surface area contributed by atoms with E-state index in [2.05, 4.69) is 107 Å². The summed E-state index contributed by atoms with van der Waals surface area (Å²) >= 11 is 6.48. The smallest absolute Gasteiger partial charge is 0.0418 e. The van der Waals surface area contributed by atoms with Gasteiger partial charge in [0.15, 0.2) is 0 Å². The van der Waals surface area contributed by atoms with E-state index in [1.807, 2.05) is 51.1 Å². The number of allylic oxidation sites excluding steroid dienone is 19. The first-order chi connectivity index (χ1) is 16.8. The predicted octanol–water partition coefficient (Wildman–Crippen LogP) is 11.1. The van der Waals surface area contributed by atoms with Crippen molar-refractivity contribution in [3.8, 4) is 0 Å². The maximum Gasteiger partial charge on any atom is 0.0418 e. The van der Waals surface area contributed by atoms with Gasteiger partial charge in [0.2, 0.25) is 0 Å². The Morgan fingerprint density at radius 3 is 1.89 bits per heavy atom. The highest BCUT2D eigenvalue weighted by Gasteiger charge is 2.06. The van der Waals surface area contributed by atoms with Gasteiger partial charge in [0, 0.05) is 5.02 Å². The first kappa shape index (κ1) is 29.9. The first-order valence-electron chi connectivity index (χ1n) is 12.3. The van der Waals surface area contributed by atoms with Gasteiger partial charge in [-0.15, -0.1) is 0 Å². The van der Waals surface area contributed by atoms with Gasteiger partial charge in [0.25, 0.3) is 0 Å². The summed E-state index contributed by atoms with van der Waals surface area (Å²) in [6, 6.07) is 6.23.